The van der Waals surface area contributed by atoms with E-state index in [1.807, 2.05) is 22.6 Å². The van der Waals surface area contributed by atoms with E-state index in [1.54, 1.807) is 6.07 Å². The number of benzene rings is 1. The highest BCUT2D eigenvalue weighted by atomic mass is 127. The third-order valence-corrected chi connectivity index (χ3v) is 1.90. The van der Waals surface area contributed by atoms with Crippen LogP contribution in [0.1, 0.15) is 10.4 Å². The zero-order chi connectivity index (χ0) is 8.43. The Labute approximate surface area is 77.4 Å². The second-order valence-electron chi connectivity index (χ2n) is 2.03. The third-order valence-electron chi connectivity index (χ3n) is 1.22. The highest BCUT2D eigenvalue weighted by molar-refractivity contribution is 14.1. The Bertz CT molecular complexity index is 298. The van der Waals surface area contributed by atoms with Gasteiger partial charge in [0.05, 0.1) is 5.56 Å². The summed E-state index contributed by atoms with van der Waals surface area (Å²) >= 11 is 2.04. The van der Waals surface area contributed by atoms with Crippen molar-refractivity contribution in [1.29, 1.82) is 0 Å². The lowest BCUT2D eigenvalue weighted by atomic mass is 10.2. The van der Waals surface area contributed by atoms with Gasteiger partial charge in [-0.15, -0.1) is 0 Å². The number of rotatable bonds is 1. The molecule has 0 heterocycles. The minimum absolute atomic E-state index is 0.0714. The molecule has 0 aliphatic heterocycles. The van der Waals surface area contributed by atoms with Crippen LogP contribution in [-0.4, -0.2) is 11.0 Å². The monoisotopic (exact) mass is 263 g/mol. The lowest BCUT2D eigenvalue weighted by molar-refractivity contribution is 0.0997. The molecular formula is C7H6INO2. The zero-order valence-electron chi connectivity index (χ0n) is 5.54. The Kier molecular flexibility index (Phi) is 2.33. The number of nitrogens with two attached hydrogens (primary N) is 1. The summed E-state index contributed by atoms with van der Waals surface area (Å²) in [4.78, 5) is 10.6. The number of aromatic hydroxyl groups is 1. The maximum Gasteiger partial charge on any atom is 0.252 e. The molecule has 0 aliphatic carbocycles. The van der Waals surface area contributed by atoms with Gasteiger partial charge in [0, 0.05) is 3.57 Å². The van der Waals surface area contributed by atoms with E-state index in [0.717, 1.165) is 3.57 Å². The van der Waals surface area contributed by atoms with Gasteiger partial charge in [0.15, 0.2) is 0 Å². The van der Waals surface area contributed by atoms with Crippen LogP contribution in [0.5, 0.6) is 5.75 Å². The maximum atomic E-state index is 10.6. The predicted molar refractivity (Wildman–Crippen MR) is 49.3 cm³/mol. The summed E-state index contributed by atoms with van der Waals surface area (Å²) in [5.74, 6) is -0.682. The molecule has 3 nitrogen and oxygen atoms in total. The Morgan fingerprint density at radius 3 is 2.64 bits per heavy atom. The summed E-state index contributed by atoms with van der Waals surface area (Å²) in [6, 6.07) is 4.68. The molecule has 4 heteroatoms. The van der Waals surface area contributed by atoms with E-state index in [0.29, 0.717) is 0 Å². The third kappa shape index (κ3) is 1.83. The molecule has 0 aromatic heterocycles. The summed E-state index contributed by atoms with van der Waals surface area (Å²) in [5.41, 5.74) is 5.14. The molecule has 1 aromatic rings. The number of hydrogen-bond acceptors (Lipinski definition) is 2. The maximum absolute atomic E-state index is 10.6. The molecule has 0 saturated heterocycles. The van der Waals surface area contributed by atoms with Crippen molar-refractivity contribution >= 4 is 28.5 Å². The van der Waals surface area contributed by atoms with Crippen molar-refractivity contribution in [1.82, 2.24) is 0 Å². The number of carbonyl (C=O) groups excluding carboxylic acids is 1. The summed E-state index contributed by atoms with van der Waals surface area (Å²) in [7, 11) is 0. The number of halogens is 1. The molecule has 0 saturated carbocycles. The average molecular weight is 263 g/mol. The van der Waals surface area contributed by atoms with E-state index >= 15 is 0 Å². The first-order valence-electron chi connectivity index (χ1n) is 2.89. The first kappa shape index (κ1) is 8.32. The van der Waals surface area contributed by atoms with Crippen LogP contribution in [-0.2, 0) is 0 Å². The number of phenols is 1. The predicted octanol–water partition coefficient (Wildman–Crippen LogP) is 1.10. The van der Waals surface area contributed by atoms with E-state index in [2.05, 4.69) is 0 Å². The van der Waals surface area contributed by atoms with Crippen molar-refractivity contribution < 1.29 is 9.90 Å². The van der Waals surface area contributed by atoms with Gasteiger partial charge in [-0.3, -0.25) is 4.79 Å². The average Bonchev–Trinajstić information content (AvgIpc) is 1.94. The minimum Gasteiger partial charge on any atom is -0.507 e. The van der Waals surface area contributed by atoms with Gasteiger partial charge in [-0.25, -0.2) is 0 Å². The Morgan fingerprint density at radius 1 is 1.55 bits per heavy atom. The molecule has 1 aromatic carbocycles. The van der Waals surface area contributed by atoms with E-state index in [4.69, 9.17) is 10.8 Å². The number of hydrogen-bond donors (Lipinski definition) is 2. The van der Waals surface area contributed by atoms with Gasteiger partial charge in [-0.1, -0.05) is 0 Å². The fourth-order valence-electron chi connectivity index (χ4n) is 0.706. The summed E-state index contributed by atoms with van der Waals surface area (Å²) in [6.07, 6.45) is 0. The van der Waals surface area contributed by atoms with Crippen LogP contribution in [0, 0.1) is 3.57 Å². The molecule has 1 amide bonds. The van der Waals surface area contributed by atoms with Crippen molar-refractivity contribution in [3.05, 3.63) is 27.3 Å². The highest BCUT2D eigenvalue weighted by Gasteiger charge is 2.06. The van der Waals surface area contributed by atoms with Crippen LogP contribution < -0.4 is 5.73 Å². The van der Waals surface area contributed by atoms with Crippen molar-refractivity contribution in [3.8, 4) is 5.75 Å². The first-order chi connectivity index (χ1) is 5.11. The van der Waals surface area contributed by atoms with Crippen LogP contribution in [0.3, 0.4) is 0 Å². The second-order valence-corrected chi connectivity index (χ2v) is 3.27. The topological polar surface area (TPSA) is 63.3 Å². The van der Waals surface area contributed by atoms with Crippen molar-refractivity contribution in [2.45, 2.75) is 0 Å². The zero-order valence-corrected chi connectivity index (χ0v) is 7.70. The molecule has 11 heavy (non-hydrogen) atoms. The van der Waals surface area contributed by atoms with Gasteiger partial charge in [0.1, 0.15) is 5.75 Å². The second kappa shape index (κ2) is 3.08. The largest absolute Gasteiger partial charge is 0.507 e. The van der Waals surface area contributed by atoms with Crippen molar-refractivity contribution in [3.63, 3.8) is 0 Å². The summed E-state index contributed by atoms with van der Waals surface area (Å²) < 4.78 is 0.870. The molecule has 0 radical (unpaired) electrons. The number of carbonyl (C=O) groups is 1. The van der Waals surface area contributed by atoms with Gasteiger partial charge in [-0.2, -0.15) is 0 Å². The Balaban J connectivity index is 3.23. The fourth-order valence-corrected chi connectivity index (χ4v) is 1.20. The van der Waals surface area contributed by atoms with Crippen LogP contribution >= 0.6 is 22.6 Å². The van der Waals surface area contributed by atoms with Crippen LogP contribution in [0.25, 0.3) is 0 Å². The molecule has 0 aliphatic rings. The summed E-state index contributed by atoms with van der Waals surface area (Å²) in [6.45, 7) is 0. The van der Waals surface area contributed by atoms with Gasteiger partial charge < -0.3 is 10.8 Å². The molecule has 0 spiro atoms. The first-order valence-corrected chi connectivity index (χ1v) is 3.97. The molecule has 0 unspecified atom stereocenters. The lowest BCUT2D eigenvalue weighted by Gasteiger charge is -1.99. The smallest absolute Gasteiger partial charge is 0.252 e. The quantitative estimate of drug-likeness (QED) is 0.745. The van der Waals surface area contributed by atoms with Crippen LogP contribution in [0.4, 0.5) is 0 Å². The Morgan fingerprint density at radius 2 is 2.18 bits per heavy atom. The standard InChI is InChI=1S/C7H6INO2/c8-4-1-2-6(10)5(3-4)7(9)11/h1-3,10H,(H2,9,11). The van der Waals surface area contributed by atoms with E-state index in [1.165, 1.54) is 12.1 Å². The molecule has 0 bridgehead atoms. The summed E-state index contributed by atoms with van der Waals surface area (Å²) in [5, 5.41) is 9.10. The molecule has 1 rings (SSSR count). The molecular weight excluding hydrogens is 257 g/mol. The van der Waals surface area contributed by atoms with Gasteiger partial charge in [-0.05, 0) is 40.8 Å². The van der Waals surface area contributed by atoms with Gasteiger partial charge in [0.2, 0.25) is 0 Å². The van der Waals surface area contributed by atoms with Gasteiger partial charge in [0.25, 0.3) is 5.91 Å². The van der Waals surface area contributed by atoms with Crippen molar-refractivity contribution in [2.75, 3.05) is 0 Å². The molecule has 0 atom stereocenters. The highest BCUT2D eigenvalue weighted by Crippen LogP contribution is 2.18. The minimum atomic E-state index is -0.610. The number of amides is 1. The SMILES string of the molecule is NC(=O)c1cc(I)ccc1O. The van der Waals surface area contributed by atoms with E-state index in [-0.39, 0.29) is 11.3 Å². The number of primary amides is 1. The Hall–Kier alpha value is -0.780. The van der Waals surface area contributed by atoms with E-state index in [9.17, 15) is 4.79 Å². The molecule has 58 valence electrons. The van der Waals surface area contributed by atoms with Crippen LogP contribution in [0.2, 0.25) is 0 Å². The lowest BCUT2D eigenvalue weighted by Crippen LogP contribution is -2.11. The fraction of sp³-hybridized carbons (Fsp3) is 0. The van der Waals surface area contributed by atoms with Crippen molar-refractivity contribution in [2.24, 2.45) is 5.73 Å². The van der Waals surface area contributed by atoms with Gasteiger partial charge >= 0.3 is 0 Å². The van der Waals surface area contributed by atoms with E-state index < -0.39 is 5.91 Å². The normalized spacial score (nSPS) is 9.55. The molecule has 0 fully saturated rings. The molecule has 3 N–H and O–H groups in total. The van der Waals surface area contributed by atoms with Crippen LogP contribution in [0.15, 0.2) is 18.2 Å².